The minimum absolute atomic E-state index is 0.0387. The van der Waals surface area contributed by atoms with Gasteiger partial charge in [-0.3, -0.25) is 0 Å². The molecule has 0 radical (unpaired) electrons. The number of urea groups is 1. The summed E-state index contributed by atoms with van der Waals surface area (Å²) in [7, 11) is 3.26. The predicted molar refractivity (Wildman–Crippen MR) is 89.7 cm³/mol. The highest BCUT2D eigenvalue weighted by atomic mass is 32.2. The van der Waals surface area contributed by atoms with Crippen LogP contribution in [0.25, 0.3) is 0 Å². The van der Waals surface area contributed by atoms with Crippen molar-refractivity contribution in [1.29, 1.82) is 0 Å². The molecule has 1 aromatic rings. The average molecular weight is 324 g/mol. The number of thioether (sulfide) groups is 1. The number of methoxy groups -OCH3 is 2. The van der Waals surface area contributed by atoms with Gasteiger partial charge in [0, 0.05) is 29.5 Å². The van der Waals surface area contributed by atoms with E-state index in [-0.39, 0.29) is 16.9 Å². The molecule has 22 heavy (non-hydrogen) atoms. The van der Waals surface area contributed by atoms with E-state index in [0.29, 0.717) is 0 Å². The first-order valence-corrected chi connectivity index (χ1v) is 8.33. The number of ether oxygens (including phenoxy) is 2. The van der Waals surface area contributed by atoms with E-state index in [1.165, 1.54) is 0 Å². The lowest BCUT2D eigenvalue weighted by Crippen LogP contribution is -2.48. The van der Waals surface area contributed by atoms with Crippen LogP contribution in [-0.4, -0.2) is 43.0 Å². The second-order valence-corrected chi connectivity index (χ2v) is 7.39. The Morgan fingerprint density at radius 3 is 2.64 bits per heavy atom. The molecule has 6 heteroatoms. The van der Waals surface area contributed by atoms with Crippen LogP contribution in [-0.2, 0) is 0 Å². The maximum Gasteiger partial charge on any atom is 0.319 e. The van der Waals surface area contributed by atoms with Crippen molar-refractivity contribution in [2.75, 3.05) is 26.5 Å². The summed E-state index contributed by atoms with van der Waals surface area (Å²) in [5, 5.41) is 2.99. The van der Waals surface area contributed by atoms with Gasteiger partial charge in [-0.05, 0) is 32.9 Å². The van der Waals surface area contributed by atoms with E-state index in [0.717, 1.165) is 29.4 Å². The van der Waals surface area contributed by atoms with Gasteiger partial charge >= 0.3 is 6.03 Å². The zero-order chi connectivity index (χ0) is 16.3. The first-order chi connectivity index (χ1) is 10.4. The lowest BCUT2D eigenvalue weighted by atomic mass is 10.1. The Morgan fingerprint density at radius 2 is 2.05 bits per heavy atom. The molecule has 2 amide bonds. The molecule has 0 spiro atoms. The van der Waals surface area contributed by atoms with E-state index < -0.39 is 0 Å². The summed E-state index contributed by atoms with van der Waals surface area (Å²) in [6, 6.07) is 5.68. The molecule has 1 saturated heterocycles. The number of carbonyl (C=O) groups is 1. The van der Waals surface area contributed by atoms with Gasteiger partial charge in [-0.15, -0.1) is 11.8 Å². The van der Waals surface area contributed by atoms with E-state index in [2.05, 4.69) is 5.32 Å². The summed E-state index contributed by atoms with van der Waals surface area (Å²) in [5.74, 6) is 2.40. The Morgan fingerprint density at radius 1 is 1.32 bits per heavy atom. The summed E-state index contributed by atoms with van der Waals surface area (Å²) >= 11 is 1.75. The Kier molecular flexibility index (Phi) is 5.11. The van der Waals surface area contributed by atoms with Crippen LogP contribution >= 0.6 is 11.8 Å². The van der Waals surface area contributed by atoms with Gasteiger partial charge in [-0.2, -0.15) is 0 Å². The summed E-state index contributed by atoms with van der Waals surface area (Å²) < 4.78 is 10.7. The molecule has 1 aliphatic heterocycles. The fourth-order valence-electron chi connectivity index (χ4n) is 2.35. The average Bonchev–Trinajstić information content (AvgIpc) is 2.94. The highest BCUT2D eigenvalue weighted by Gasteiger charge is 2.34. The fraction of sp³-hybridized carbons (Fsp3) is 0.562. The monoisotopic (exact) mass is 324 g/mol. The van der Waals surface area contributed by atoms with Gasteiger partial charge in [0.05, 0.1) is 14.2 Å². The SMILES string of the molecule is COc1ccc(C2SCCN2C(=O)NC(C)(C)C)c(OC)c1. The van der Waals surface area contributed by atoms with Crippen molar-refractivity contribution >= 4 is 17.8 Å². The van der Waals surface area contributed by atoms with Crippen molar-refractivity contribution < 1.29 is 14.3 Å². The third-order valence-corrected chi connectivity index (χ3v) is 4.58. The molecule has 0 bridgehead atoms. The molecule has 1 fully saturated rings. The van der Waals surface area contributed by atoms with Crippen molar-refractivity contribution in [3.05, 3.63) is 23.8 Å². The maximum absolute atomic E-state index is 12.5. The summed E-state index contributed by atoms with van der Waals surface area (Å²) in [5.41, 5.74) is 0.744. The van der Waals surface area contributed by atoms with Crippen LogP contribution in [0.15, 0.2) is 18.2 Å². The molecular formula is C16H24N2O3S. The Bertz CT molecular complexity index is 543. The zero-order valence-electron chi connectivity index (χ0n) is 13.8. The van der Waals surface area contributed by atoms with Gasteiger partial charge < -0.3 is 19.7 Å². The Balaban J connectivity index is 2.25. The van der Waals surface area contributed by atoms with Crippen molar-refractivity contribution in [3.63, 3.8) is 0 Å². The highest BCUT2D eigenvalue weighted by Crippen LogP contribution is 2.43. The lowest BCUT2D eigenvalue weighted by molar-refractivity contribution is 0.190. The molecule has 0 saturated carbocycles. The van der Waals surface area contributed by atoms with Gasteiger partial charge in [0.1, 0.15) is 16.9 Å². The molecule has 1 aromatic carbocycles. The molecule has 0 aromatic heterocycles. The van der Waals surface area contributed by atoms with Gasteiger partial charge in [0.25, 0.3) is 0 Å². The minimum Gasteiger partial charge on any atom is -0.497 e. The Labute approximate surface area is 136 Å². The van der Waals surface area contributed by atoms with Gasteiger partial charge in [-0.1, -0.05) is 0 Å². The molecule has 5 nitrogen and oxygen atoms in total. The van der Waals surface area contributed by atoms with Crippen LogP contribution in [0.3, 0.4) is 0 Å². The maximum atomic E-state index is 12.5. The number of benzene rings is 1. The molecule has 1 unspecified atom stereocenters. The fourth-order valence-corrected chi connectivity index (χ4v) is 3.63. The van der Waals surface area contributed by atoms with Crippen molar-refractivity contribution in [2.45, 2.75) is 31.7 Å². The number of hydrogen-bond acceptors (Lipinski definition) is 4. The van der Waals surface area contributed by atoms with E-state index in [1.54, 1.807) is 26.0 Å². The van der Waals surface area contributed by atoms with Crippen LogP contribution < -0.4 is 14.8 Å². The van der Waals surface area contributed by atoms with Crippen LogP contribution in [0.2, 0.25) is 0 Å². The van der Waals surface area contributed by atoms with Crippen LogP contribution in [0.1, 0.15) is 31.7 Å². The van der Waals surface area contributed by atoms with Crippen LogP contribution in [0.4, 0.5) is 4.79 Å². The molecule has 1 heterocycles. The first kappa shape index (κ1) is 16.8. The van der Waals surface area contributed by atoms with E-state index in [1.807, 2.05) is 43.9 Å². The van der Waals surface area contributed by atoms with Gasteiger partial charge in [0.2, 0.25) is 0 Å². The molecule has 122 valence electrons. The third kappa shape index (κ3) is 3.80. The standard InChI is InChI=1S/C16H24N2O3S/c1-16(2,3)17-15(19)18-8-9-22-14(18)12-7-6-11(20-4)10-13(12)21-5/h6-7,10,14H,8-9H2,1-5H3,(H,17,19). The van der Waals surface area contributed by atoms with Crippen LogP contribution in [0.5, 0.6) is 11.5 Å². The normalized spacial score (nSPS) is 18.2. The molecule has 2 rings (SSSR count). The smallest absolute Gasteiger partial charge is 0.319 e. The van der Waals surface area contributed by atoms with E-state index in [4.69, 9.17) is 9.47 Å². The second kappa shape index (κ2) is 6.69. The molecule has 1 aliphatic rings. The molecule has 1 atom stereocenters. The summed E-state index contributed by atoms with van der Waals surface area (Å²) in [4.78, 5) is 14.4. The number of carbonyl (C=O) groups excluding carboxylic acids is 1. The van der Waals surface area contributed by atoms with E-state index >= 15 is 0 Å². The zero-order valence-corrected chi connectivity index (χ0v) is 14.6. The molecule has 0 aliphatic carbocycles. The second-order valence-electron chi connectivity index (χ2n) is 6.20. The van der Waals surface area contributed by atoms with Gasteiger partial charge in [0.15, 0.2) is 0 Å². The topological polar surface area (TPSA) is 50.8 Å². The first-order valence-electron chi connectivity index (χ1n) is 7.28. The van der Waals surface area contributed by atoms with Crippen LogP contribution in [0, 0.1) is 0 Å². The predicted octanol–water partition coefficient (Wildman–Crippen LogP) is 3.26. The number of amides is 2. The number of hydrogen-bond donors (Lipinski definition) is 1. The molecule has 1 N–H and O–H groups in total. The lowest BCUT2D eigenvalue weighted by Gasteiger charge is -2.29. The van der Waals surface area contributed by atoms with Crippen molar-refractivity contribution in [3.8, 4) is 11.5 Å². The summed E-state index contributed by atoms with van der Waals surface area (Å²) in [6.45, 7) is 6.68. The highest BCUT2D eigenvalue weighted by molar-refractivity contribution is 7.99. The quantitative estimate of drug-likeness (QED) is 0.927. The third-order valence-electron chi connectivity index (χ3n) is 3.34. The van der Waals surface area contributed by atoms with Crippen molar-refractivity contribution in [1.82, 2.24) is 10.2 Å². The van der Waals surface area contributed by atoms with Gasteiger partial charge in [-0.25, -0.2) is 4.79 Å². The molecular weight excluding hydrogens is 300 g/mol. The van der Waals surface area contributed by atoms with Crippen molar-refractivity contribution in [2.24, 2.45) is 0 Å². The number of nitrogens with one attached hydrogen (secondary N) is 1. The summed E-state index contributed by atoms with van der Waals surface area (Å²) in [6.07, 6.45) is 0. The largest absolute Gasteiger partial charge is 0.497 e. The minimum atomic E-state index is -0.251. The number of rotatable bonds is 3. The number of nitrogens with zero attached hydrogens (tertiary/aromatic N) is 1. The van der Waals surface area contributed by atoms with E-state index in [9.17, 15) is 4.79 Å². The Hall–Kier alpha value is -1.56.